The fraction of sp³-hybridized carbons (Fsp3) is 0.192. The van der Waals surface area contributed by atoms with Crippen LogP contribution in [0.1, 0.15) is 18.1 Å². The highest BCUT2D eigenvalue weighted by molar-refractivity contribution is 8.00. The number of amides is 1. The Bertz CT molecular complexity index is 1140. The Morgan fingerprint density at radius 1 is 0.939 bits per heavy atom. The van der Waals surface area contributed by atoms with Crippen molar-refractivity contribution in [1.29, 1.82) is 0 Å². The van der Waals surface area contributed by atoms with Crippen LogP contribution in [0, 0.1) is 0 Å². The molecule has 4 aromatic rings. The van der Waals surface area contributed by atoms with E-state index in [1.165, 1.54) is 11.8 Å². The minimum absolute atomic E-state index is 0.0438. The Labute approximate surface area is 198 Å². The molecule has 0 N–H and O–H groups in total. The molecule has 1 amide bonds. The molecule has 1 atom stereocenters. The number of nitrogens with zero attached hydrogens (tertiary/aromatic N) is 4. The van der Waals surface area contributed by atoms with E-state index in [-0.39, 0.29) is 11.2 Å². The monoisotopic (exact) mass is 458 g/mol. The molecule has 0 saturated carbocycles. The highest BCUT2D eigenvalue weighted by Crippen LogP contribution is 2.29. The lowest BCUT2D eigenvalue weighted by Gasteiger charge is -2.26. The molecule has 0 aliphatic heterocycles. The number of aromatic nitrogens is 3. The molecule has 0 fully saturated rings. The molecule has 0 saturated heterocycles. The quantitative estimate of drug-likeness (QED) is 0.331. The van der Waals surface area contributed by atoms with Gasteiger partial charge in [-0.2, -0.15) is 0 Å². The molecule has 4 rings (SSSR count). The van der Waals surface area contributed by atoms with Crippen molar-refractivity contribution in [3.63, 3.8) is 0 Å². The zero-order chi connectivity index (χ0) is 23.0. The molecule has 0 radical (unpaired) electrons. The van der Waals surface area contributed by atoms with Gasteiger partial charge in [-0.1, -0.05) is 84.6 Å². The highest BCUT2D eigenvalue weighted by atomic mass is 32.2. The van der Waals surface area contributed by atoms with Crippen molar-refractivity contribution >= 4 is 17.7 Å². The lowest BCUT2D eigenvalue weighted by atomic mass is 10.1. The summed E-state index contributed by atoms with van der Waals surface area (Å²) in [5.41, 5.74) is 3.02. The number of benzene rings is 3. The molecule has 7 heteroatoms. The van der Waals surface area contributed by atoms with Gasteiger partial charge >= 0.3 is 0 Å². The zero-order valence-corrected chi connectivity index (χ0v) is 19.5. The largest absolute Gasteiger partial charge is 0.495 e. The lowest BCUT2D eigenvalue weighted by Crippen LogP contribution is -2.35. The first kappa shape index (κ1) is 22.6. The van der Waals surface area contributed by atoms with E-state index in [2.05, 4.69) is 10.2 Å². The van der Waals surface area contributed by atoms with Crippen LogP contribution in [0.5, 0.6) is 5.75 Å². The first-order chi connectivity index (χ1) is 16.2. The second-order valence-electron chi connectivity index (χ2n) is 7.58. The van der Waals surface area contributed by atoms with Crippen molar-refractivity contribution in [2.24, 2.45) is 0 Å². The van der Waals surface area contributed by atoms with E-state index in [9.17, 15) is 4.79 Å². The maximum absolute atomic E-state index is 13.6. The van der Waals surface area contributed by atoms with Gasteiger partial charge in [0.1, 0.15) is 12.1 Å². The van der Waals surface area contributed by atoms with Crippen LogP contribution in [0.15, 0.2) is 96.4 Å². The van der Waals surface area contributed by atoms with Gasteiger partial charge in [0.25, 0.3) is 0 Å². The Hall–Kier alpha value is -3.58. The van der Waals surface area contributed by atoms with Crippen LogP contribution in [0.3, 0.4) is 0 Å². The summed E-state index contributed by atoms with van der Waals surface area (Å²) in [7, 11) is 1.63. The third-order valence-electron chi connectivity index (χ3n) is 5.24. The van der Waals surface area contributed by atoms with Crippen molar-refractivity contribution in [2.75, 3.05) is 7.11 Å². The van der Waals surface area contributed by atoms with E-state index in [4.69, 9.17) is 4.74 Å². The van der Waals surface area contributed by atoms with Crippen LogP contribution < -0.4 is 4.74 Å². The van der Waals surface area contributed by atoms with Gasteiger partial charge in [-0.05, 0) is 30.2 Å². The Morgan fingerprint density at radius 3 is 2.12 bits per heavy atom. The average Bonchev–Trinajstić information content (AvgIpc) is 3.32. The summed E-state index contributed by atoms with van der Waals surface area (Å²) < 4.78 is 7.34. The van der Waals surface area contributed by atoms with E-state index >= 15 is 0 Å². The fourth-order valence-electron chi connectivity index (χ4n) is 3.58. The van der Waals surface area contributed by atoms with Crippen molar-refractivity contribution in [3.8, 4) is 11.4 Å². The highest BCUT2D eigenvalue weighted by Gasteiger charge is 2.24. The van der Waals surface area contributed by atoms with Gasteiger partial charge in [-0.3, -0.25) is 9.36 Å². The Morgan fingerprint density at radius 2 is 1.52 bits per heavy atom. The van der Waals surface area contributed by atoms with E-state index in [0.29, 0.717) is 24.0 Å². The van der Waals surface area contributed by atoms with Gasteiger partial charge in [0.2, 0.25) is 5.91 Å². The van der Waals surface area contributed by atoms with Crippen LogP contribution in [0.2, 0.25) is 0 Å². The topological polar surface area (TPSA) is 60.2 Å². The summed E-state index contributed by atoms with van der Waals surface area (Å²) in [5, 5.41) is 8.63. The third-order valence-corrected chi connectivity index (χ3v) is 6.28. The second-order valence-corrected chi connectivity index (χ2v) is 8.89. The SMILES string of the molecule is COc1ccccc1-n1cnnc1SC(C)C(=O)N(Cc1ccccc1)Cc1ccccc1. The van der Waals surface area contributed by atoms with E-state index in [1.54, 1.807) is 13.4 Å². The standard InChI is InChI=1S/C26H26N4O2S/c1-20(33-26-28-27-19-30(26)23-15-9-10-16-24(23)32-2)25(31)29(17-21-11-5-3-6-12-21)18-22-13-7-4-8-14-22/h3-16,19-20H,17-18H2,1-2H3. The summed E-state index contributed by atoms with van der Waals surface area (Å²) in [5.74, 6) is 0.759. The van der Waals surface area contributed by atoms with Gasteiger partial charge in [-0.25, -0.2) is 0 Å². The van der Waals surface area contributed by atoms with Crippen LogP contribution in [0.4, 0.5) is 0 Å². The fourth-order valence-corrected chi connectivity index (χ4v) is 4.50. The number of methoxy groups -OCH3 is 1. The molecule has 0 bridgehead atoms. The number of hydrogen-bond acceptors (Lipinski definition) is 5. The maximum atomic E-state index is 13.6. The first-order valence-corrected chi connectivity index (χ1v) is 11.6. The van der Waals surface area contributed by atoms with Gasteiger partial charge in [-0.15, -0.1) is 10.2 Å². The van der Waals surface area contributed by atoms with E-state index in [0.717, 1.165) is 16.8 Å². The summed E-state index contributed by atoms with van der Waals surface area (Å²) >= 11 is 1.39. The maximum Gasteiger partial charge on any atom is 0.236 e. The van der Waals surface area contributed by atoms with E-state index in [1.807, 2.05) is 101 Å². The molecule has 0 aliphatic carbocycles. The Kier molecular flexibility index (Phi) is 7.42. The number of para-hydroxylation sites is 2. The molecule has 0 aliphatic rings. The normalized spacial score (nSPS) is 11.7. The molecule has 168 valence electrons. The summed E-state index contributed by atoms with van der Waals surface area (Å²) in [4.78, 5) is 15.5. The summed E-state index contributed by atoms with van der Waals surface area (Å²) in [6, 6.07) is 27.8. The molecular weight excluding hydrogens is 432 g/mol. The first-order valence-electron chi connectivity index (χ1n) is 10.7. The van der Waals surface area contributed by atoms with Crippen LogP contribution in [-0.2, 0) is 17.9 Å². The molecule has 33 heavy (non-hydrogen) atoms. The predicted molar refractivity (Wildman–Crippen MR) is 130 cm³/mol. The summed E-state index contributed by atoms with van der Waals surface area (Å²) in [6.07, 6.45) is 1.64. The molecule has 1 unspecified atom stereocenters. The zero-order valence-electron chi connectivity index (χ0n) is 18.7. The summed E-state index contributed by atoms with van der Waals surface area (Å²) in [6.45, 7) is 2.99. The number of rotatable bonds is 9. The Balaban J connectivity index is 1.55. The van der Waals surface area contributed by atoms with Crippen LogP contribution in [-0.4, -0.2) is 37.9 Å². The molecule has 6 nitrogen and oxygen atoms in total. The number of carbonyl (C=O) groups is 1. The average molecular weight is 459 g/mol. The number of thioether (sulfide) groups is 1. The number of ether oxygens (including phenoxy) is 1. The molecular formula is C26H26N4O2S. The number of carbonyl (C=O) groups excluding carboxylic acids is 1. The predicted octanol–water partition coefficient (Wildman–Crippen LogP) is 4.99. The van der Waals surface area contributed by atoms with Gasteiger partial charge in [0, 0.05) is 13.1 Å². The molecule has 1 aromatic heterocycles. The molecule has 0 spiro atoms. The van der Waals surface area contributed by atoms with Gasteiger partial charge < -0.3 is 9.64 Å². The minimum Gasteiger partial charge on any atom is -0.495 e. The molecule has 1 heterocycles. The third kappa shape index (κ3) is 5.62. The van der Waals surface area contributed by atoms with Gasteiger partial charge in [0.15, 0.2) is 5.16 Å². The number of hydrogen-bond donors (Lipinski definition) is 0. The van der Waals surface area contributed by atoms with Crippen LogP contribution in [0.25, 0.3) is 5.69 Å². The van der Waals surface area contributed by atoms with Crippen molar-refractivity contribution in [3.05, 3.63) is 102 Å². The second kappa shape index (κ2) is 10.8. The van der Waals surface area contributed by atoms with E-state index < -0.39 is 0 Å². The van der Waals surface area contributed by atoms with Crippen molar-refractivity contribution < 1.29 is 9.53 Å². The lowest BCUT2D eigenvalue weighted by molar-refractivity contribution is -0.131. The smallest absolute Gasteiger partial charge is 0.236 e. The van der Waals surface area contributed by atoms with Crippen molar-refractivity contribution in [1.82, 2.24) is 19.7 Å². The van der Waals surface area contributed by atoms with Crippen LogP contribution >= 0.6 is 11.8 Å². The van der Waals surface area contributed by atoms with Crippen molar-refractivity contribution in [2.45, 2.75) is 30.4 Å². The van der Waals surface area contributed by atoms with Gasteiger partial charge in [0.05, 0.1) is 18.0 Å². The minimum atomic E-state index is -0.352. The molecule has 3 aromatic carbocycles.